The maximum atomic E-state index is 13.4. The summed E-state index contributed by atoms with van der Waals surface area (Å²) in [5, 5.41) is 4.61. The number of nitrogens with zero attached hydrogens (tertiary/aromatic N) is 3. The van der Waals surface area contributed by atoms with Gasteiger partial charge in [0.15, 0.2) is 5.82 Å². The predicted molar refractivity (Wildman–Crippen MR) is 106 cm³/mol. The van der Waals surface area contributed by atoms with Gasteiger partial charge in [-0.1, -0.05) is 30.7 Å². The summed E-state index contributed by atoms with van der Waals surface area (Å²) in [4.78, 5) is 7.88. The van der Waals surface area contributed by atoms with E-state index in [1.807, 2.05) is 11.7 Å². The van der Waals surface area contributed by atoms with E-state index in [4.69, 9.17) is 0 Å². The second kappa shape index (κ2) is 7.87. The van der Waals surface area contributed by atoms with Crippen LogP contribution in [0.5, 0.6) is 0 Å². The Morgan fingerprint density at radius 3 is 2.57 bits per heavy atom. The number of imidazole rings is 1. The first kappa shape index (κ1) is 21.2. The van der Waals surface area contributed by atoms with Crippen LogP contribution in [0, 0.1) is 0 Å². The number of nitrogens with one attached hydrogen (secondary N) is 1. The number of aryl methyl sites for hydroxylation is 1. The quantitative estimate of drug-likeness (QED) is 0.518. The number of H-pyrrole nitrogens is 1. The molecule has 1 aliphatic rings. The van der Waals surface area contributed by atoms with Crippen molar-refractivity contribution in [3.8, 4) is 22.6 Å². The van der Waals surface area contributed by atoms with Crippen molar-refractivity contribution >= 4 is 11.0 Å². The molecule has 150 valence electrons. The molecule has 0 radical (unpaired) electrons. The molecule has 2 heterocycles. The van der Waals surface area contributed by atoms with Gasteiger partial charge < -0.3 is 6.41 Å². The van der Waals surface area contributed by atoms with Crippen LogP contribution < -0.4 is 29.6 Å². The van der Waals surface area contributed by atoms with Gasteiger partial charge in [-0.15, -0.1) is 0 Å². The SMILES string of the molecule is Cn1nc(C2CCC2)cc1-c1nc2ccc(-c3ccccc3C(F)(F)F)cc2[nH]1.[H-].[Na+]. The summed E-state index contributed by atoms with van der Waals surface area (Å²) in [5.41, 5.74) is 3.37. The van der Waals surface area contributed by atoms with Gasteiger partial charge in [0, 0.05) is 13.0 Å². The Bertz CT molecular complexity index is 1210. The molecule has 1 N–H and O–H groups in total. The van der Waals surface area contributed by atoms with Gasteiger partial charge in [0.1, 0.15) is 5.69 Å². The van der Waals surface area contributed by atoms with Crippen molar-refractivity contribution in [1.29, 1.82) is 0 Å². The molecule has 0 unspecified atom stereocenters. The second-order valence-corrected chi connectivity index (χ2v) is 7.57. The van der Waals surface area contributed by atoms with Crippen LogP contribution in [0.3, 0.4) is 0 Å². The number of benzene rings is 2. The molecule has 2 aromatic carbocycles. The smallest absolute Gasteiger partial charge is 1.00 e. The average molecular weight is 420 g/mol. The Morgan fingerprint density at radius 2 is 1.87 bits per heavy atom. The molecule has 1 saturated carbocycles. The van der Waals surface area contributed by atoms with Gasteiger partial charge in [-0.3, -0.25) is 4.68 Å². The maximum Gasteiger partial charge on any atom is 1.00 e. The molecule has 0 aliphatic heterocycles. The number of fused-ring (bicyclic) bond motifs is 1. The van der Waals surface area contributed by atoms with E-state index in [9.17, 15) is 13.2 Å². The fourth-order valence-corrected chi connectivity index (χ4v) is 3.90. The van der Waals surface area contributed by atoms with Gasteiger partial charge in [-0.25, -0.2) is 4.98 Å². The van der Waals surface area contributed by atoms with Crippen LogP contribution in [-0.2, 0) is 13.2 Å². The molecule has 5 rings (SSSR count). The number of hydrogen-bond donors (Lipinski definition) is 1. The first-order valence-electron chi connectivity index (χ1n) is 9.61. The van der Waals surface area contributed by atoms with Crippen molar-refractivity contribution in [2.75, 3.05) is 0 Å². The van der Waals surface area contributed by atoms with Crippen LogP contribution in [0.4, 0.5) is 13.2 Å². The molecule has 30 heavy (non-hydrogen) atoms. The monoisotopic (exact) mass is 420 g/mol. The summed E-state index contributed by atoms with van der Waals surface area (Å²) in [6.07, 6.45) is -0.835. The Morgan fingerprint density at radius 1 is 1.10 bits per heavy atom. The predicted octanol–water partition coefficient (Wildman–Crippen LogP) is 3.03. The largest absolute Gasteiger partial charge is 1.00 e. The molecule has 0 saturated heterocycles. The maximum absolute atomic E-state index is 13.4. The molecule has 1 aliphatic carbocycles. The summed E-state index contributed by atoms with van der Waals surface area (Å²) in [5.74, 6) is 1.19. The van der Waals surface area contributed by atoms with E-state index in [1.165, 1.54) is 31.4 Å². The zero-order valence-electron chi connectivity index (χ0n) is 17.8. The number of aromatic nitrogens is 4. The number of aromatic amines is 1. The molecule has 0 atom stereocenters. The topological polar surface area (TPSA) is 46.5 Å². The third-order valence-corrected chi connectivity index (χ3v) is 5.69. The molecule has 4 nitrogen and oxygen atoms in total. The number of rotatable bonds is 3. The van der Waals surface area contributed by atoms with Crippen LogP contribution >= 0.6 is 0 Å². The summed E-state index contributed by atoms with van der Waals surface area (Å²) >= 11 is 0. The van der Waals surface area contributed by atoms with Crippen molar-refractivity contribution in [3.63, 3.8) is 0 Å². The molecule has 2 aromatic heterocycles. The van der Waals surface area contributed by atoms with Crippen LogP contribution in [0.1, 0.15) is 37.9 Å². The fraction of sp³-hybridized carbons (Fsp3) is 0.273. The third-order valence-electron chi connectivity index (χ3n) is 5.69. The summed E-state index contributed by atoms with van der Waals surface area (Å²) in [6, 6.07) is 12.8. The molecule has 0 amide bonds. The molecular weight excluding hydrogens is 400 g/mol. The second-order valence-electron chi connectivity index (χ2n) is 7.57. The summed E-state index contributed by atoms with van der Waals surface area (Å²) < 4.78 is 42.0. The van der Waals surface area contributed by atoms with Crippen LogP contribution in [0.15, 0.2) is 48.5 Å². The Balaban J connectivity index is 0.00000136. The zero-order valence-corrected chi connectivity index (χ0v) is 18.8. The van der Waals surface area contributed by atoms with Crippen molar-refractivity contribution < 1.29 is 44.2 Å². The van der Waals surface area contributed by atoms with Gasteiger partial charge in [-0.05, 0) is 48.2 Å². The molecule has 0 spiro atoms. The average Bonchev–Trinajstić information content (AvgIpc) is 3.22. The summed E-state index contributed by atoms with van der Waals surface area (Å²) in [7, 11) is 1.88. The fourth-order valence-electron chi connectivity index (χ4n) is 3.90. The normalized spacial score (nSPS) is 14.5. The van der Waals surface area contributed by atoms with Crippen LogP contribution in [0.25, 0.3) is 33.7 Å². The van der Waals surface area contributed by atoms with E-state index < -0.39 is 11.7 Å². The molecule has 0 bridgehead atoms. The van der Waals surface area contributed by atoms with Crippen LogP contribution in [0.2, 0.25) is 0 Å². The molecular formula is C22H20F3N4Na. The minimum atomic E-state index is -4.41. The molecule has 4 aromatic rings. The Kier molecular flexibility index (Phi) is 5.55. The zero-order chi connectivity index (χ0) is 20.2. The summed E-state index contributed by atoms with van der Waals surface area (Å²) in [6.45, 7) is 0. The third kappa shape index (κ3) is 3.70. The minimum Gasteiger partial charge on any atom is -1.00 e. The van der Waals surface area contributed by atoms with E-state index >= 15 is 0 Å². The van der Waals surface area contributed by atoms with E-state index in [-0.39, 0.29) is 36.5 Å². The van der Waals surface area contributed by atoms with E-state index in [0.29, 0.717) is 28.3 Å². The van der Waals surface area contributed by atoms with E-state index in [1.54, 1.807) is 24.3 Å². The van der Waals surface area contributed by atoms with Gasteiger partial charge in [0.05, 0.1) is 22.3 Å². The Hall–Kier alpha value is -2.09. The minimum absolute atomic E-state index is 0. The van der Waals surface area contributed by atoms with Gasteiger partial charge >= 0.3 is 35.7 Å². The first-order chi connectivity index (χ1) is 13.9. The first-order valence-corrected chi connectivity index (χ1v) is 9.61. The Labute approximate surface area is 195 Å². The van der Waals surface area contributed by atoms with Crippen molar-refractivity contribution in [3.05, 3.63) is 59.8 Å². The van der Waals surface area contributed by atoms with Crippen molar-refractivity contribution in [2.45, 2.75) is 31.4 Å². The van der Waals surface area contributed by atoms with Gasteiger partial charge in [-0.2, -0.15) is 18.3 Å². The number of hydrogen-bond acceptors (Lipinski definition) is 2. The molecule has 1 fully saturated rings. The van der Waals surface area contributed by atoms with Crippen molar-refractivity contribution in [1.82, 2.24) is 19.7 Å². The van der Waals surface area contributed by atoms with Crippen molar-refractivity contribution in [2.24, 2.45) is 7.05 Å². The van der Waals surface area contributed by atoms with Gasteiger partial charge in [0.25, 0.3) is 0 Å². The molecule has 8 heteroatoms. The standard InChI is InChI=1S/C22H19F3N4.Na.H/c1-29-20(12-18(28-29)13-5-4-6-13)21-26-17-10-9-14(11-19(17)27-21)15-7-2-3-8-16(15)22(23,24)25;;/h2-3,7-13H,4-6H2,1H3,(H,26,27);;/q;+1;-1. The van der Waals surface area contributed by atoms with Gasteiger partial charge in [0.2, 0.25) is 0 Å². The van der Waals surface area contributed by atoms with E-state index in [0.717, 1.165) is 17.5 Å². The number of halogens is 3. The number of alkyl halides is 3. The van der Waals surface area contributed by atoms with Crippen LogP contribution in [-0.4, -0.2) is 19.7 Å². The van der Waals surface area contributed by atoms with E-state index in [2.05, 4.69) is 21.1 Å².